The van der Waals surface area contributed by atoms with E-state index < -0.39 is 5.91 Å². The van der Waals surface area contributed by atoms with Gasteiger partial charge in [-0.3, -0.25) is 4.79 Å². The third-order valence-electron chi connectivity index (χ3n) is 3.51. The van der Waals surface area contributed by atoms with E-state index in [1.165, 1.54) is 6.07 Å². The molecule has 0 radical (unpaired) electrons. The summed E-state index contributed by atoms with van der Waals surface area (Å²) >= 11 is 0. The molecule has 1 unspecified atom stereocenters. The Morgan fingerprint density at radius 2 is 2.10 bits per heavy atom. The van der Waals surface area contributed by atoms with Crippen molar-refractivity contribution in [3.63, 3.8) is 0 Å². The van der Waals surface area contributed by atoms with Crippen LogP contribution in [-0.2, 0) is 0 Å². The summed E-state index contributed by atoms with van der Waals surface area (Å²) in [5.41, 5.74) is 12.9. The topological polar surface area (TPSA) is 87.6 Å². The van der Waals surface area contributed by atoms with Gasteiger partial charge in [0.15, 0.2) is 0 Å². The van der Waals surface area contributed by atoms with Gasteiger partial charge in [-0.05, 0) is 24.3 Å². The van der Waals surface area contributed by atoms with Crippen molar-refractivity contribution >= 4 is 11.6 Å². The van der Waals surface area contributed by atoms with Crippen molar-refractivity contribution in [1.29, 1.82) is 0 Å². The van der Waals surface area contributed by atoms with Crippen LogP contribution in [0, 0.1) is 0 Å². The highest BCUT2D eigenvalue weighted by molar-refractivity contribution is 5.96. The van der Waals surface area contributed by atoms with Crippen molar-refractivity contribution in [1.82, 2.24) is 0 Å². The minimum absolute atomic E-state index is 0.138. The number of ether oxygens (including phenoxy) is 2. The summed E-state index contributed by atoms with van der Waals surface area (Å²) in [5.74, 6) is 0.916. The van der Waals surface area contributed by atoms with Crippen molar-refractivity contribution in [2.75, 3.05) is 18.9 Å². The average molecular weight is 284 g/mol. The van der Waals surface area contributed by atoms with E-state index in [0.29, 0.717) is 30.2 Å². The van der Waals surface area contributed by atoms with Gasteiger partial charge in [0, 0.05) is 11.3 Å². The van der Waals surface area contributed by atoms with Gasteiger partial charge in [0.05, 0.1) is 24.7 Å². The number of benzene rings is 2. The van der Waals surface area contributed by atoms with E-state index in [2.05, 4.69) is 0 Å². The normalized spacial score (nSPS) is 16.1. The van der Waals surface area contributed by atoms with Gasteiger partial charge in [-0.15, -0.1) is 0 Å². The lowest BCUT2D eigenvalue weighted by molar-refractivity contribution is 0.0996. The highest BCUT2D eigenvalue weighted by atomic mass is 16.5. The summed E-state index contributed by atoms with van der Waals surface area (Å²) < 4.78 is 11.4. The molecule has 0 saturated heterocycles. The molecule has 0 aliphatic carbocycles. The Morgan fingerprint density at radius 1 is 1.29 bits per heavy atom. The Labute approximate surface area is 122 Å². The van der Waals surface area contributed by atoms with Gasteiger partial charge in [0.2, 0.25) is 0 Å². The molecule has 3 rings (SSSR count). The first kappa shape index (κ1) is 13.3. The quantitative estimate of drug-likeness (QED) is 0.840. The number of primary amides is 1. The van der Waals surface area contributed by atoms with E-state index in [-0.39, 0.29) is 5.92 Å². The molecular weight excluding hydrogens is 268 g/mol. The minimum Gasteiger partial charge on any atom is -0.493 e. The number of rotatable bonds is 4. The molecule has 21 heavy (non-hydrogen) atoms. The third-order valence-corrected chi connectivity index (χ3v) is 3.51. The molecule has 0 spiro atoms. The van der Waals surface area contributed by atoms with Crippen molar-refractivity contribution < 1.29 is 14.3 Å². The van der Waals surface area contributed by atoms with Crippen LogP contribution in [0.1, 0.15) is 21.8 Å². The Hall–Kier alpha value is -2.69. The summed E-state index contributed by atoms with van der Waals surface area (Å²) in [6, 6.07) is 12.7. The molecular formula is C16H16N2O3. The highest BCUT2D eigenvalue weighted by Gasteiger charge is 2.24. The van der Waals surface area contributed by atoms with Gasteiger partial charge in [-0.1, -0.05) is 18.2 Å². The van der Waals surface area contributed by atoms with E-state index in [4.69, 9.17) is 20.9 Å². The maximum Gasteiger partial charge on any atom is 0.252 e. The number of hydrogen-bond donors (Lipinski definition) is 2. The molecule has 2 aromatic rings. The van der Waals surface area contributed by atoms with Gasteiger partial charge >= 0.3 is 0 Å². The number of carbonyl (C=O) groups excluding carboxylic acids is 1. The minimum atomic E-state index is -0.555. The lowest BCUT2D eigenvalue weighted by Crippen LogP contribution is -2.16. The van der Waals surface area contributed by atoms with Crippen LogP contribution >= 0.6 is 0 Å². The molecule has 0 saturated carbocycles. The first-order chi connectivity index (χ1) is 10.1. The predicted octanol–water partition coefficient (Wildman–Crippen LogP) is 1.92. The van der Waals surface area contributed by atoms with Crippen LogP contribution in [0.2, 0.25) is 0 Å². The second-order valence-electron chi connectivity index (χ2n) is 4.98. The smallest absolute Gasteiger partial charge is 0.252 e. The fourth-order valence-corrected chi connectivity index (χ4v) is 2.42. The molecule has 108 valence electrons. The fraction of sp³-hybridized carbons (Fsp3) is 0.188. The van der Waals surface area contributed by atoms with E-state index in [9.17, 15) is 4.79 Å². The third kappa shape index (κ3) is 2.63. The Balaban J connectivity index is 1.76. The molecule has 1 amide bonds. The SMILES string of the molecule is NC(=O)c1cc(N)ccc1OCC1COc2ccccc21. The number of hydrogen-bond acceptors (Lipinski definition) is 4. The molecule has 2 aromatic carbocycles. The summed E-state index contributed by atoms with van der Waals surface area (Å²) in [6.07, 6.45) is 0. The standard InChI is InChI=1S/C16H16N2O3/c17-11-5-6-15(13(7-11)16(18)19)21-9-10-8-20-14-4-2-1-3-12(10)14/h1-7,10H,8-9,17H2,(H2,18,19). The number of amides is 1. The van der Waals surface area contributed by atoms with Crippen molar-refractivity contribution in [3.8, 4) is 11.5 Å². The lowest BCUT2D eigenvalue weighted by Gasteiger charge is -2.13. The van der Waals surface area contributed by atoms with E-state index in [1.807, 2.05) is 24.3 Å². The van der Waals surface area contributed by atoms with Gasteiger partial charge in [0.25, 0.3) is 5.91 Å². The van der Waals surface area contributed by atoms with Gasteiger partial charge < -0.3 is 20.9 Å². The number of fused-ring (bicyclic) bond motifs is 1. The monoisotopic (exact) mass is 284 g/mol. The summed E-state index contributed by atoms with van der Waals surface area (Å²) in [7, 11) is 0. The molecule has 0 fully saturated rings. The van der Waals surface area contributed by atoms with Crippen LogP contribution in [0.15, 0.2) is 42.5 Å². The first-order valence-electron chi connectivity index (χ1n) is 6.69. The van der Waals surface area contributed by atoms with E-state index in [0.717, 1.165) is 11.3 Å². The number of carbonyl (C=O) groups is 1. The molecule has 1 heterocycles. The van der Waals surface area contributed by atoms with E-state index >= 15 is 0 Å². The molecule has 0 bridgehead atoms. The van der Waals surface area contributed by atoms with Gasteiger partial charge in [-0.2, -0.15) is 0 Å². The zero-order valence-electron chi connectivity index (χ0n) is 11.4. The molecule has 5 nitrogen and oxygen atoms in total. The van der Waals surface area contributed by atoms with Crippen LogP contribution in [0.25, 0.3) is 0 Å². The molecule has 4 N–H and O–H groups in total. The van der Waals surface area contributed by atoms with Gasteiger partial charge in [0.1, 0.15) is 11.5 Å². The zero-order chi connectivity index (χ0) is 14.8. The predicted molar refractivity (Wildman–Crippen MR) is 79.5 cm³/mol. The first-order valence-corrected chi connectivity index (χ1v) is 6.69. The second-order valence-corrected chi connectivity index (χ2v) is 4.98. The molecule has 1 aliphatic heterocycles. The van der Waals surface area contributed by atoms with Crippen LogP contribution < -0.4 is 20.9 Å². The highest BCUT2D eigenvalue weighted by Crippen LogP contribution is 2.34. The van der Waals surface area contributed by atoms with Crippen LogP contribution in [-0.4, -0.2) is 19.1 Å². The summed E-state index contributed by atoms with van der Waals surface area (Å²) in [5, 5.41) is 0. The largest absolute Gasteiger partial charge is 0.493 e. The van der Waals surface area contributed by atoms with E-state index in [1.54, 1.807) is 12.1 Å². The summed E-state index contributed by atoms with van der Waals surface area (Å²) in [6.45, 7) is 0.988. The van der Waals surface area contributed by atoms with Crippen LogP contribution in [0.5, 0.6) is 11.5 Å². The van der Waals surface area contributed by atoms with Crippen molar-refractivity contribution in [2.24, 2.45) is 5.73 Å². The zero-order valence-corrected chi connectivity index (χ0v) is 11.4. The maximum atomic E-state index is 11.4. The van der Waals surface area contributed by atoms with Crippen molar-refractivity contribution in [3.05, 3.63) is 53.6 Å². The molecule has 0 aromatic heterocycles. The van der Waals surface area contributed by atoms with Crippen molar-refractivity contribution in [2.45, 2.75) is 5.92 Å². The van der Waals surface area contributed by atoms with Crippen LogP contribution in [0.3, 0.4) is 0 Å². The fourth-order valence-electron chi connectivity index (χ4n) is 2.42. The Bertz CT molecular complexity index is 685. The molecule has 1 atom stereocenters. The van der Waals surface area contributed by atoms with Crippen LogP contribution in [0.4, 0.5) is 5.69 Å². The maximum absolute atomic E-state index is 11.4. The Kier molecular flexibility index (Phi) is 3.39. The Morgan fingerprint density at radius 3 is 2.90 bits per heavy atom. The molecule has 5 heteroatoms. The second kappa shape index (κ2) is 5.36. The lowest BCUT2D eigenvalue weighted by atomic mass is 10.0. The molecule has 1 aliphatic rings. The number of para-hydroxylation sites is 1. The summed E-state index contributed by atoms with van der Waals surface area (Å²) in [4.78, 5) is 11.4. The number of nitrogens with two attached hydrogens (primary N) is 2. The van der Waals surface area contributed by atoms with Gasteiger partial charge in [-0.25, -0.2) is 0 Å². The average Bonchev–Trinajstić information content (AvgIpc) is 2.89. The number of anilines is 1. The number of nitrogen functional groups attached to an aromatic ring is 1.